The predicted molar refractivity (Wildman–Crippen MR) is 211 cm³/mol. The summed E-state index contributed by atoms with van der Waals surface area (Å²) in [7, 11) is 0. The molecule has 1 spiro atoms. The number of hydrogen-bond acceptors (Lipinski definition) is 3. The van der Waals surface area contributed by atoms with Crippen molar-refractivity contribution < 1.29 is 4.74 Å². The maximum Gasteiger partial charge on any atom is 0.160 e. The van der Waals surface area contributed by atoms with Crippen LogP contribution >= 0.6 is 0 Å². The number of ether oxygens (including phenoxy) is 1. The van der Waals surface area contributed by atoms with Crippen LogP contribution in [0.25, 0.3) is 66.6 Å². The van der Waals surface area contributed by atoms with Crippen molar-refractivity contribution in [1.29, 1.82) is 0 Å². The van der Waals surface area contributed by atoms with Crippen molar-refractivity contribution in [2.75, 3.05) is 0 Å². The molecule has 0 fully saturated rings. The van der Waals surface area contributed by atoms with Crippen LogP contribution in [-0.2, 0) is 5.41 Å². The Morgan fingerprint density at radius 2 is 1.06 bits per heavy atom. The molecule has 3 nitrogen and oxygen atoms in total. The normalized spacial score (nSPS) is 13.3. The lowest BCUT2D eigenvalue weighted by atomic mass is 9.66. The highest BCUT2D eigenvalue weighted by Gasteiger charge is 2.51. The summed E-state index contributed by atoms with van der Waals surface area (Å²) in [6, 6.07) is 64.8. The van der Waals surface area contributed by atoms with Crippen LogP contribution in [0.15, 0.2) is 182 Å². The lowest BCUT2D eigenvalue weighted by Crippen LogP contribution is -2.32. The number of hydrogen-bond donors (Lipinski definition) is 0. The van der Waals surface area contributed by atoms with Gasteiger partial charge in [-0.05, 0) is 74.5 Å². The summed E-state index contributed by atoms with van der Waals surface area (Å²) in [5.74, 6) is 2.50. The third-order valence-electron chi connectivity index (χ3n) is 10.9. The van der Waals surface area contributed by atoms with Crippen molar-refractivity contribution in [3.05, 3.63) is 204 Å². The number of rotatable bonds is 3. The maximum absolute atomic E-state index is 6.62. The molecule has 0 N–H and O–H groups in total. The molecule has 1 aliphatic heterocycles. The van der Waals surface area contributed by atoms with E-state index in [2.05, 4.69) is 170 Å². The van der Waals surface area contributed by atoms with E-state index in [4.69, 9.17) is 14.7 Å². The molecule has 242 valence electrons. The van der Waals surface area contributed by atoms with Crippen molar-refractivity contribution >= 4 is 21.7 Å². The van der Waals surface area contributed by atoms with Crippen LogP contribution in [0.5, 0.6) is 11.5 Å². The van der Waals surface area contributed by atoms with Gasteiger partial charge in [0, 0.05) is 27.6 Å². The largest absolute Gasteiger partial charge is 0.457 e. The summed E-state index contributed by atoms with van der Waals surface area (Å²) < 4.78 is 6.62. The Morgan fingerprint density at radius 3 is 1.88 bits per heavy atom. The molecule has 52 heavy (non-hydrogen) atoms. The molecule has 0 radical (unpaired) electrons. The number of fused-ring (bicyclic) bond motifs is 12. The molecule has 0 saturated heterocycles. The van der Waals surface area contributed by atoms with Gasteiger partial charge in [0.1, 0.15) is 11.5 Å². The first-order chi connectivity index (χ1) is 25.8. The first-order valence-corrected chi connectivity index (χ1v) is 17.7. The van der Waals surface area contributed by atoms with Crippen LogP contribution in [0.1, 0.15) is 22.3 Å². The van der Waals surface area contributed by atoms with E-state index in [-0.39, 0.29) is 0 Å². The third-order valence-corrected chi connectivity index (χ3v) is 10.9. The molecule has 0 bridgehead atoms. The van der Waals surface area contributed by atoms with E-state index in [0.717, 1.165) is 61.5 Å². The fraction of sp³-hybridized carbons (Fsp3) is 0.0204. The van der Waals surface area contributed by atoms with Gasteiger partial charge >= 0.3 is 0 Å². The molecule has 1 aromatic heterocycles. The molecule has 0 amide bonds. The zero-order valence-electron chi connectivity index (χ0n) is 28.1. The molecule has 1 aliphatic carbocycles. The van der Waals surface area contributed by atoms with Crippen LogP contribution < -0.4 is 4.74 Å². The number of para-hydroxylation sites is 3. The van der Waals surface area contributed by atoms with Gasteiger partial charge in [0.05, 0.1) is 16.6 Å². The van der Waals surface area contributed by atoms with Gasteiger partial charge in [-0.2, -0.15) is 0 Å². The summed E-state index contributed by atoms with van der Waals surface area (Å²) in [5.41, 5.74) is 13.0. The minimum absolute atomic E-state index is 0.556. The average Bonchev–Trinajstić information content (AvgIpc) is 3.51. The van der Waals surface area contributed by atoms with E-state index in [1.807, 2.05) is 12.1 Å². The lowest BCUT2D eigenvalue weighted by molar-refractivity contribution is 0.436. The smallest absolute Gasteiger partial charge is 0.160 e. The van der Waals surface area contributed by atoms with Gasteiger partial charge in [-0.3, -0.25) is 0 Å². The predicted octanol–water partition coefficient (Wildman–Crippen LogP) is 12.3. The molecule has 3 heteroatoms. The highest BCUT2D eigenvalue weighted by molar-refractivity contribution is 6.05. The van der Waals surface area contributed by atoms with E-state index >= 15 is 0 Å². The topological polar surface area (TPSA) is 35.0 Å². The first kappa shape index (κ1) is 28.9. The molecular formula is C49H30N2O. The van der Waals surface area contributed by atoms with Crippen LogP contribution in [0.4, 0.5) is 0 Å². The minimum Gasteiger partial charge on any atom is -0.457 e. The van der Waals surface area contributed by atoms with E-state index in [0.29, 0.717) is 5.82 Å². The summed E-state index contributed by atoms with van der Waals surface area (Å²) in [5, 5.41) is 3.54. The summed E-state index contributed by atoms with van der Waals surface area (Å²) in [6.45, 7) is 0. The third kappa shape index (κ3) is 4.08. The minimum atomic E-state index is -0.556. The highest BCUT2D eigenvalue weighted by atomic mass is 16.5. The Hall–Kier alpha value is -6.84. The van der Waals surface area contributed by atoms with Crippen LogP contribution in [0.2, 0.25) is 0 Å². The maximum atomic E-state index is 6.62. The second-order valence-corrected chi connectivity index (χ2v) is 13.7. The Balaban J connectivity index is 1.15. The van der Waals surface area contributed by atoms with Crippen molar-refractivity contribution in [2.24, 2.45) is 0 Å². The van der Waals surface area contributed by atoms with Crippen molar-refractivity contribution in [3.8, 4) is 56.4 Å². The van der Waals surface area contributed by atoms with Crippen molar-refractivity contribution in [2.45, 2.75) is 5.41 Å². The zero-order valence-corrected chi connectivity index (χ0v) is 28.1. The van der Waals surface area contributed by atoms with Crippen molar-refractivity contribution in [1.82, 2.24) is 9.97 Å². The van der Waals surface area contributed by atoms with Gasteiger partial charge < -0.3 is 4.74 Å². The highest BCUT2D eigenvalue weighted by Crippen LogP contribution is 2.63. The molecular weight excluding hydrogens is 633 g/mol. The second-order valence-electron chi connectivity index (χ2n) is 13.7. The van der Waals surface area contributed by atoms with E-state index in [9.17, 15) is 0 Å². The molecule has 11 rings (SSSR count). The average molecular weight is 663 g/mol. The molecule has 9 aromatic rings. The van der Waals surface area contributed by atoms with Gasteiger partial charge in [-0.1, -0.05) is 152 Å². The van der Waals surface area contributed by atoms with Crippen LogP contribution in [0, 0.1) is 0 Å². The Labute approximate surface area is 301 Å². The fourth-order valence-electron chi connectivity index (χ4n) is 8.71. The zero-order chi connectivity index (χ0) is 34.2. The molecule has 0 atom stereocenters. The van der Waals surface area contributed by atoms with Gasteiger partial charge in [0.15, 0.2) is 5.82 Å². The lowest BCUT2D eigenvalue weighted by Gasteiger charge is -2.39. The summed E-state index contributed by atoms with van der Waals surface area (Å²) in [6.07, 6.45) is 0. The SMILES string of the molecule is c1ccc(-c2nc(-c3cccc(-c4ccc5c(c4)C4(c6ccccc6Oc6ccccc64)c4ccc6ccccc6c4-5)c3)nc3ccccc23)cc1. The number of aromatic nitrogens is 2. The standard InChI is InChI=1S/C49H30N2O/c1-2-14-32(15-3-1)47-38-19-6-9-22-43(38)50-48(51-47)35-17-12-16-33(29-35)34-25-27-37-42(30-34)49(41-28-26-31-13-4-5-18-36(31)46(37)41)39-20-7-10-23-44(39)52-45-24-11-8-21-40(45)49/h1-30H. The van der Waals surface area contributed by atoms with Crippen LogP contribution in [-0.4, -0.2) is 9.97 Å². The molecule has 0 saturated carbocycles. The second kappa shape index (κ2) is 11.1. The molecule has 2 aliphatic rings. The summed E-state index contributed by atoms with van der Waals surface area (Å²) in [4.78, 5) is 10.3. The molecule has 0 unspecified atom stereocenters. The Kier molecular flexibility index (Phi) is 6.17. The van der Waals surface area contributed by atoms with Gasteiger partial charge in [0.25, 0.3) is 0 Å². The van der Waals surface area contributed by atoms with Gasteiger partial charge in [-0.15, -0.1) is 0 Å². The van der Waals surface area contributed by atoms with Crippen molar-refractivity contribution in [3.63, 3.8) is 0 Å². The number of nitrogens with zero attached hydrogens (tertiary/aromatic N) is 2. The monoisotopic (exact) mass is 662 g/mol. The van der Waals surface area contributed by atoms with E-state index in [1.165, 1.54) is 33.0 Å². The quantitative estimate of drug-likeness (QED) is 0.189. The first-order valence-electron chi connectivity index (χ1n) is 17.7. The van der Waals surface area contributed by atoms with E-state index < -0.39 is 5.41 Å². The van der Waals surface area contributed by atoms with Gasteiger partial charge in [-0.25, -0.2) is 9.97 Å². The fourth-order valence-corrected chi connectivity index (χ4v) is 8.71. The van der Waals surface area contributed by atoms with Crippen LogP contribution in [0.3, 0.4) is 0 Å². The number of benzene rings is 8. The Morgan fingerprint density at radius 1 is 0.404 bits per heavy atom. The Bertz CT molecular complexity index is 2850. The molecule has 8 aromatic carbocycles. The van der Waals surface area contributed by atoms with Gasteiger partial charge in [0.2, 0.25) is 0 Å². The molecule has 2 heterocycles. The summed E-state index contributed by atoms with van der Waals surface area (Å²) >= 11 is 0. The van der Waals surface area contributed by atoms with E-state index in [1.54, 1.807) is 0 Å².